The lowest BCUT2D eigenvalue weighted by Gasteiger charge is -2.29. The first-order chi connectivity index (χ1) is 14.4. The Labute approximate surface area is 173 Å². The van der Waals surface area contributed by atoms with Gasteiger partial charge < -0.3 is 9.64 Å². The minimum atomic E-state index is -4.44. The topological polar surface area (TPSA) is 53.9 Å². The molecule has 3 rings (SSSR count). The summed E-state index contributed by atoms with van der Waals surface area (Å²) in [5, 5.41) is 3.92. The maximum Gasteiger partial charge on any atom is 0.416 e. The lowest BCUT2D eigenvalue weighted by Crippen LogP contribution is -2.29. The molecule has 0 radical (unpaired) electrons. The van der Waals surface area contributed by atoms with E-state index in [1.54, 1.807) is 7.11 Å². The van der Waals surface area contributed by atoms with E-state index in [9.17, 15) is 18.0 Å². The van der Waals surface area contributed by atoms with Gasteiger partial charge in [-0.25, -0.2) is 5.43 Å². The summed E-state index contributed by atoms with van der Waals surface area (Å²) in [7, 11) is 1.57. The molecule has 1 saturated heterocycles. The molecule has 0 unspecified atom stereocenters. The molecule has 2 aromatic rings. The fourth-order valence-corrected chi connectivity index (χ4v) is 3.41. The van der Waals surface area contributed by atoms with Gasteiger partial charge in [0.1, 0.15) is 5.75 Å². The monoisotopic (exact) mass is 419 g/mol. The molecule has 2 aromatic carbocycles. The zero-order valence-electron chi connectivity index (χ0n) is 16.7. The van der Waals surface area contributed by atoms with Gasteiger partial charge in [0.2, 0.25) is 5.91 Å². The number of nitrogens with zero attached hydrogens (tertiary/aromatic N) is 2. The van der Waals surface area contributed by atoms with E-state index in [2.05, 4.69) is 15.4 Å². The van der Waals surface area contributed by atoms with Crippen LogP contribution in [0.25, 0.3) is 0 Å². The standard InChI is InChI=1S/C22H24F3N3O2/c1-30-20-14-19(28-10-3-2-4-11-28)9-8-17(20)15-26-27-21(29)13-16-6-5-7-18(12-16)22(23,24)25/h5-9,12,14-15H,2-4,10-11,13H2,1H3,(H,27,29)/b26-15+. The van der Waals surface area contributed by atoms with Gasteiger partial charge in [-0.2, -0.15) is 18.3 Å². The van der Waals surface area contributed by atoms with Crippen LogP contribution in [0.2, 0.25) is 0 Å². The van der Waals surface area contributed by atoms with Crippen LogP contribution in [0.3, 0.4) is 0 Å². The van der Waals surface area contributed by atoms with Crippen molar-refractivity contribution in [3.05, 3.63) is 59.2 Å². The number of methoxy groups -OCH3 is 1. The Morgan fingerprint density at radius 3 is 2.63 bits per heavy atom. The Morgan fingerprint density at radius 1 is 1.17 bits per heavy atom. The van der Waals surface area contributed by atoms with Crippen molar-refractivity contribution in [1.82, 2.24) is 5.43 Å². The quantitative estimate of drug-likeness (QED) is 0.558. The van der Waals surface area contributed by atoms with Gasteiger partial charge in [-0.3, -0.25) is 4.79 Å². The van der Waals surface area contributed by atoms with E-state index >= 15 is 0 Å². The number of halogens is 3. The molecule has 1 fully saturated rings. The van der Waals surface area contributed by atoms with Crippen LogP contribution in [0, 0.1) is 0 Å². The number of carbonyl (C=O) groups is 1. The molecule has 1 N–H and O–H groups in total. The number of amides is 1. The Bertz CT molecular complexity index is 907. The summed E-state index contributed by atoms with van der Waals surface area (Å²) in [6, 6.07) is 10.5. The van der Waals surface area contributed by atoms with Crippen LogP contribution >= 0.6 is 0 Å². The summed E-state index contributed by atoms with van der Waals surface area (Å²) >= 11 is 0. The van der Waals surface area contributed by atoms with Crippen molar-refractivity contribution in [2.24, 2.45) is 5.10 Å². The molecule has 0 spiro atoms. The van der Waals surface area contributed by atoms with E-state index in [1.807, 2.05) is 18.2 Å². The van der Waals surface area contributed by atoms with E-state index in [0.29, 0.717) is 11.3 Å². The highest BCUT2D eigenvalue weighted by molar-refractivity contribution is 5.86. The third-order valence-corrected chi connectivity index (χ3v) is 4.95. The van der Waals surface area contributed by atoms with Gasteiger partial charge >= 0.3 is 6.18 Å². The first-order valence-corrected chi connectivity index (χ1v) is 9.78. The predicted molar refractivity (Wildman–Crippen MR) is 110 cm³/mol. The number of piperidine rings is 1. The first-order valence-electron chi connectivity index (χ1n) is 9.78. The van der Waals surface area contributed by atoms with E-state index < -0.39 is 17.6 Å². The van der Waals surface area contributed by atoms with Crippen LogP contribution < -0.4 is 15.1 Å². The molecule has 0 saturated carbocycles. The largest absolute Gasteiger partial charge is 0.496 e. The van der Waals surface area contributed by atoms with Crippen molar-refractivity contribution in [2.75, 3.05) is 25.1 Å². The van der Waals surface area contributed by atoms with Crippen LogP contribution in [0.5, 0.6) is 5.75 Å². The van der Waals surface area contributed by atoms with Gasteiger partial charge in [0.05, 0.1) is 25.3 Å². The van der Waals surface area contributed by atoms with Gasteiger partial charge in [0, 0.05) is 30.4 Å². The highest BCUT2D eigenvalue weighted by Crippen LogP contribution is 2.29. The van der Waals surface area contributed by atoms with Crippen LogP contribution in [0.4, 0.5) is 18.9 Å². The van der Waals surface area contributed by atoms with Crippen molar-refractivity contribution >= 4 is 17.8 Å². The second-order valence-corrected chi connectivity index (χ2v) is 7.14. The molecule has 1 aliphatic heterocycles. The average Bonchev–Trinajstić information content (AvgIpc) is 2.74. The third kappa shape index (κ3) is 5.75. The highest BCUT2D eigenvalue weighted by Gasteiger charge is 2.30. The molecule has 5 nitrogen and oxygen atoms in total. The summed E-state index contributed by atoms with van der Waals surface area (Å²) in [5.41, 5.74) is 3.61. The molecular weight excluding hydrogens is 395 g/mol. The van der Waals surface area contributed by atoms with Crippen molar-refractivity contribution in [1.29, 1.82) is 0 Å². The minimum absolute atomic E-state index is 0.202. The summed E-state index contributed by atoms with van der Waals surface area (Å²) in [6.45, 7) is 2.03. The Balaban J connectivity index is 1.61. The summed E-state index contributed by atoms with van der Waals surface area (Å²) in [5.74, 6) is 0.128. The van der Waals surface area contributed by atoms with Crippen LogP contribution in [0.1, 0.15) is 36.0 Å². The fraction of sp³-hybridized carbons (Fsp3) is 0.364. The van der Waals surface area contributed by atoms with E-state index in [1.165, 1.54) is 37.6 Å². The summed E-state index contributed by atoms with van der Waals surface area (Å²) in [4.78, 5) is 14.3. The fourth-order valence-electron chi connectivity index (χ4n) is 3.41. The lowest BCUT2D eigenvalue weighted by atomic mass is 10.1. The molecule has 160 valence electrons. The third-order valence-electron chi connectivity index (χ3n) is 4.95. The smallest absolute Gasteiger partial charge is 0.416 e. The number of rotatable bonds is 6. The van der Waals surface area contributed by atoms with Gasteiger partial charge in [-0.1, -0.05) is 18.2 Å². The van der Waals surface area contributed by atoms with Crippen LogP contribution in [0.15, 0.2) is 47.6 Å². The predicted octanol–water partition coefficient (Wildman–Crippen LogP) is 4.40. The maximum absolute atomic E-state index is 12.8. The number of anilines is 1. The van der Waals surface area contributed by atoms with Gasteiger partial charge in [0.25, 0.3) is 0 Å². The molecule has 0 atom stereocenters. The number of carbonyl (C=O) groups excluding carboxylic acids is 1. The number of benzene rings is 2. The molecule has 30 heavy (non-hydrogen) atoms. The normalized spacial score (nSPS) is 14.7. The second kappa shape index (κ2) is 9.65. The molecule has 0 bridgehead atoms. The number of hydrazone groups is 1. The number of alkyl halides is 3. The zero-order chi connectivity index (χ0) is 21.6. The second-order valence-electron chi connectivity index (χ2n) is 7.14. The SMILES string of the molecule is COc1cc(N2CCCCC2)ccc1/C=N/NC(=O)Cc1cccc(C(F)(F)F)c1. The van der Waals surface area contributed by atoms with Crippen molar-refractivity contribution in [3.63, 3.8) is 0 Å². The highest BCUT2D eigenvalue weighted by atomic mass is 19.4. The molecule has 1 aliphatic rings. The molecule has 0 aromatic heterocycles. The molecule has 1 amide bonds. The molecule has 1 heterocycles. The minimum Gasteiger partial charge on any atom is -0.496 e. The number of hydrogen-bond donors (Lipinski definition) is 1. The van der Waals surface area contributed by atoms with Crippen molar-refractivity contribution in [3.8, 4) is 5.75 Å². The zero-order valence-corrected chi connectivity index (χ0v) is 16.7. The molecule has 8 heteroatoms. The van der Waals surface area contributed by atoms with E-state index in [4.69, 9.17) is 4.74 Å². The Morgan fingerprint density at radius 2 is 1.93 bits per heavy atom. The van der Waals surface area contributed by atoms with Crippen LogP contribution in [-0.4, -0.2) is 32.3 Å². The number of nitrogens with one attached hydrogen (secondary N) is 1. The summed E-state index contributed by atoms with van der Waals surface area (Å²) < 4.78 is 43.8. The van der Waals surface area contributed by atoms with Crippen LogP contribution in [-0.2, 0) is 17.4 Å². The summed E-state index contributed by atoms with van der Waals surface area (Å²) in [6.07, 6.45) is 0.405. The molecule has 0 aliphatic carbocycles. The van der Waals surface area contributed by atoms with Gasteiger partial charge in [0.15, 0.2) is 0 Å². The lowest BCUT2D eigenvalue weighted by molar-refractivity contribution is -0.137. The average molecular weight is 419 g/mol. The number of hydrogen-bond acceptors (Lipinski definition) is 4. The van der Waals surface area contributed by atoms with E-state index in [-0.39, 0.29) is 12.0 Å². The van der Waals surface area contributed by atoms with E-state index in [0.717, 1.165) is 30.9 Å². The van der Waals surface area contributed by atoms with Gasteiger partial charge in [-0.05, 0) is 43.0 Å². The Hall–Kier alpha value is -3.03. The first kappa shape index (κ1) is 21.7. The van der Waals surface area contributed by atoms with Crippen molar-refractivity contribution in [2.45, 2.75) is 31.9 Å². The Kier molecular flexibility index (Phi) is 6.97. The van der Waals surface area contributed by atoms with Crippen molar-refractivity contribution < 1.29 is 22.7 Å². The maximum atomic E-state index is 12.8. The molecular formula is C22H24F3N3O2. The number of ether oxygens (including phenoxy) is 1. The van der Waals surface area contributed by atoms with Gasteiger partial charge in [-0.15, -0.1) is 0 Å².